The Morgan fingerprint density at radius 1 is 1.00 bits per heavy atom. The van der Waals surface area contributed by atoms with Gasteiger partial charge in [-0.2, -0.15) is 36.1 Å². The number of carbonyl (C=O) groups is 1. The summed E-state index contributed by atoms with van der Waals surface area (Å²) in [6.45, 7) is 4.00. The summed E-state index contributed by atoms with van der Waals surface area (Å²) in [6, 6.07) is 9.31. The molecule has 37 heavy (non-hydrogen) atoms. The summed E-state index contributed by atoms with van der Waals surface area (Å²) < 4.78 is 85.8. The maximum atomic E-state index is 13.2. The average molecular weight is 540 g/mol. The van der Waals surface area contributed by atoms with Crippen LogP contribution in [0.2, 0.25) is 0 Å². The third-order valence-electron chi connectivity index (χ3n) is 5.06. The normalized spacial score (nSPS) is 12.0. The van der Waals surface area contributed by atoms with E-state index in [4.69, 9.17) is 4.74 Å². The molecule has 1 amide bonds. The molecule has 0 bridgehead atoms. The van der Waals surface area contributed by atoms with Crippen molar-refractivity contribution in [1.29, 1.82) is 0 Å². The minimum Gasteiger partial charge on any atom is -0.494 e. The van der Waals surface area contributed by atoms with Crippen molar-refractivity contribution in [2.75, 3.05) is 11.9 Å². The minimum atomic E-state index is -5.08. The lowest BCUT2D eigenvalue weighted by Crippen LogP contribution is -2.18. The Hall–Kier alpha value is -3.87. The Kier molecular flexibility index (Phi) is 7.00. The van der Waals surface area contributed by atoms with Crippen molar-refractivity contribution in [1.82, 2.24) is 14.8 Å². The molecule has 6 nitrogen and oxygen atoms in total. The highest BCUT2D eigenvalue weighted by molar-refractivity contribution is 7.12. The molecule has 4 aromatic rings. The van der Waals surface area contributed by atoms with Gasteiger partial charge in [0.1, 0.15) is 11.6 Å². The van der Waals surface area contributed by atoms with Crippen molar-refractivity contribution in [3.63, 3.8) is 0 Å². The van der Waals surface area contributed by atoms with Gasteiger partial charge in [-0.3, -0.25) is 4.79 Å². The summed E-state index contributed by atoms with van der Waals surface area (Å²) in [5.41, 5.74) is -2.16. The molecule has 0 aliphatic heterocycles. The zero-order valence-corrected chi connectivity index (χ0v) is 20.1. The molecule has 0 fully saturated rings. The molecule has 0 spiro atoms. The predicted molar refractivity (Wildman–Crippen MR) is 125 cm³/mol. The summed E-state index contributed by atoms with van der Waals surface area (Å²) in [5.74, 6) is -0.445. The van der Waals surface area contributed by atoms with Gasteiger partial charge in [0.15, 0.2) is 0 Å². The molecule has 4 rings (SSSR count). The number of nitrogens with zero attached hydrogens (tertiary/aromatic N) is 3. The van der Waals surface area contributed by atoms with Crippen molar-refractivity contribution in [3.05, 3.63) is 76.3 Å². The number of hydrogen-bond donors (Lipinski definition) is 1. The molecule has 0 unspecified atom stereocenters. The standard InChI is InChI=1S/C24H18F6N4O2S/c1-3-36-18-6-4-14(5-7-18)19-12-37-22(31-19)34-20(8-13(2)33-34)32-21(35)15-9-16(23(25,26)27)11-17(10-15)24(28,29)30/h4-12H,3H2,1-2H3,(H,32,35). The van der Waals surface area contributed by atoms with Crippen LogP contribution in [0.5, 0.6) is 5.75 Å². The van der Waals surface area contributed by atoms with Crippen LogP contribution in [-0.4, -0.2) is 27.3 Å². The fourth-order valence-electron chi connectivity index (χ4n) is 3.39. The topological polar surface area (TPSA) is 69.0 Å². The Labute approximate surface area is 210 Å². The van der Waals surface area contributed by atoms with Gasteiger partial charge in [-0.25, -0.2) is 4.98 Å². The number of carbonyl (C=O) groups excluding carboxylic acids is 1. The molecule has 13 heteroatoms. The fourth-order valence-corrected chi connectivity index (χ4v) is 4.19. The molecule has 2 aromatic carbocycles. The van der Waals surface area contributed by atoms with Gasteiger partial charge in [-0.15, -0.1) is 11.3 Å². The largest absolute Gasteiger partial charge is 0.494 e. The first-order chi connectivity index (χ1) is 17.3. The smallest absolute Gasteiger partial charge is 0.416 e. The number of rotatable bonds is 6. The van der Waals surface area contributed by atoms with E-state index in [1.165, 1.54) is 22.1 Å². The van der Waals surface area contributed by atoms with E-state index in [1.807, 2.05) is 19.1 Å². The number of aryl methyl sites for hydroxylation is 1. The van der Waals surface area contributed by atoms with Crippen LogP contribution < -0.4 is 10.1 Å². The first-order valence-electron chi connectivity index (χ1n) is 10.7. The van der Waals surface area contributed by atoms with Crippen molar-refractivity contribution < 1.29 is 35.9 Å². The molecule has 2 heterocycles. The summed E-state index contributed by atoms with van der Waals surface area (Å²) in [5, 5.41) is 8.68. The third-order valence-corrected chi connectivity index (χ3v) is 5.87. The Bertz CT molecular complexity index is 1390. The number of benzene rings is 2. The van der Waals surface area contributed by atoms with E-state index >= 15 is 0 Å². The van der Waals surface area contributed by atoms with Crippen LogP contribution in [0.25, 0.3) is 16.4 Å². The van der Waals surface area contributed by atoms with E-state index in [1.54, 1.807) is 24.4 Å². The predicted octanol–water partition coefficient (Wildman–Crippen LogP) is 6.99. The van der Waals surface area contributed by atoms with Crippen molar-refractivity contribution in [2.24, 2.45) is 0 Å². The molecule has 194 valence electrons. The maximum absolute atomic E-state index is 13.2. The lowest BCUT2D eigenvalue weighted by molar-refractivity contribution is -0.143. The average Bonchev–Trinajstić information content (AvgIpc) is 3.45. The number of ether oxygens (including phenoxy) is 1. The van der Waals surface area contributed by atoms with E-state index < -0.39 is 35.0 Å². The first-order valence-corrected chi connectivity index (χ1v) is 11.6. The van der Waals surface area contributed by atoms with E-state index in [0.717, 1.165) is 5.56 Å². The lowest BCUT2D eigenvalue weighted by Gasteiger charge is -2.14. The van der Waals surface area contributed by atoms with E-state index in [9.17, 15) is 31.1 Å². The van der Waals surface area contributed by atoms with Crippen LogP contribution in [0.1, 0.15) is 34.1 Å². The van der Waals surface area contributed by atoms with E-state index in [-0.39, 0.29) is 11.9 Å². The molecule has 0 saturated carbocycles. The summed E-state index contributed by atoms with van der Waals surface area (Å²) >= 11 is 1.18. The number of halogens is 6. The van der Waals surface area contributed by atoms with Gasteiger partial charge >= 0.3 is 12.4 Å². The number of aromatic nitrogens is 3. The monoisotopic (exact) mass is 540 g/mol. The quantitative estimate of drug-likeness (QED) is 0.268. The molecule has 2 aromatic heterocycles. The summed E-state index contributed by atoms with van der Waals surface area (Å²) in [7, 11) is 0. The Balaban J connectivity index is 1.63. The van der Waals surface area contributed by atoms with E-state index in [2.05, 4.69) is 15.4 Å². The Morgan fingerprint density at radius 2 is 1.62 bits per heavy atom. The molecule has 0 radical (unpaired) electrons. The molecule has 0 saturated heterocycles. The van der Waals surface area contributed by atoms with Gasteiger partial charge in [-0.1, -0.05) is 0 Å². The van der Waals surface area contributed by atoms with Crippen LogP contribution in [0, 0.1) is 6.92 Å². The molecule has 0 aliphatic rings. The minimum absolute atomic E-state index is 0.0288. The molecule has 0 aliphatic carbocycles. The van der Waals surface area contributed by atoms with Gasteiger partial charge < -0.3 is 10.1 Å². The lowest BCUT2D eigenvalue weighted by atomic mass is 10.0. The second kappa shape index (κ2) is 9.88. The maximum Gasteiger partial charge on any atom is 0.416 e. The van der Waals surface area contributed by atoms with Crippen LogP contribution in [0.4, 0.5) is 32.2 Å². The number of hydrogen-bond acceptors (Lipinski definition) is 5. The van der Waals surface area contributed by atoms with Gasteiger partial charge in [0.2, 0.25) is 5.13 Å². The van der Waals surface area contributed by atoms with Gasteiger partial charge in [-0.05, 0) is 56.3 Å². The van der Waals surface area contributed by atoms with Crippen LogP contribution in [0.15, 0.2) is 53.9 Å². The molecule has 0 atom stereocenters. The zero-order chi connectivity index (χ0) is 27.0. The third kappa shape index (κ3) is 5.93. The first kappa shape index (κ1) is 26.2. The highest BCUT2D eigenvalue weighted by Gasteiger charge is 2.37. The number of thiazole rings is 1. The van der Waals surface area contributed by atoms with Gasteiger partial charge in [0.05, 0.1) is 29.1 Å². The number of nitrogens with one attached hydrogen (secondary N) is 1. The van der Waals surface area contributed by atoms with Crippen molar-refractivity contribution >= 4 is 23.1 Å². The number of amides is 1. The summed E-state index contributed by atoms with van der Waals surface area (Å²) in [6.07, 6.45) is -10.2. The fraction of sp³-hybridized carbons (Fsp3) is 0.208. The van der Waals surface area contributed by atoms with Gasteiger partial charge in [0.25, 0.3) is 5.91 Å². The van der Waals surface area contributed by atoms with E-state index in [0.29, 0.717) is 41.0 Å². The molecule has 1 N–H and O–H groups in total. The van der Waals surface area contributed by atoms with Crippen molar-refractivity contribution in [3.8, 4) is 22.1 Å². The van der Waals surface area contributed by atoms with Crippen LogP contribution in [0.3, 0.4) is 0 Å². The van der Waals surface area contributed by atoms with Crippen molar-refractivity contribution in [2.45, 2.75) is 26.2 Å². The zero-order valence-electron chi connectivity index (χ0n) is 19.2. The SMILES string of the molecule is CCOc1ccc(-c2csc(-n3nc(C)cc3NC(=O)c3cc(C(F)(F)F)cc(C(F)(F)F)c3)n2)cc1. The number of anilines is 1. The van der Waals surface area contributed by atoms with Crippen LogP contribution in [-0.2, 0) is 12.4 Å². The highest BCUT2D eigenvalue weighted by atomic mass is 32.1. The summed E-state index contributed by atoms with van der Waals surface area (Å²) in [4.78, 5) is 17.3. The van der Waals surface area contributed by atoms with Gasteiger partial charge in [0, 0.05) is 22.6 Å². The second-order valence-electron chi connectivity index (χ2n) is 7.80. The molecular formula is C24H18F6N4O2S. The molecular weight excluding hydrogens is 522 g/mol. The second-order valence-corrected chi connectivity index (χ2v) is 8.64. The van der Waals surface area contributed by atoms with Crippen LogP contribution >= 0.6 is 11.3 Å². The highest BCUT2D eigenvalue weighted by Crippen LogP contribution is 2.36. The Morgan fingerprint density at radius 3 is 2.19 bits per heavy atom. The number of alkyl halides is 6.